The summed E-state index contributed by atoms with van der Waals surface area (Å²) in [5.74, 6) is 3.43. The normalized spacial score (nSPS) is 17.6. The molecule has 4 heterocycles. The first-order valence-corrected chi connectivity index (χ1v) is 9.51. The lowest BCUT2D eigenvalue weighted by Gasteiger charge is -2.23. The molecule has 7 heteroatoms. The number of nitriles is 1. The van der Waals surface area contributed by atoms with Crippen molar-refractivity contribution in [2.45, 2.75) is 38.3 Å². The molecule has 0 radical (unpaired) electrons. The maximum atomic E-state index is 9.29. The largest absolute Gasteiger partial charge is 0.481 e. The molecule has 1 atom stereocenters. The van der Waals surface area contributed by atoms with Crippen LogP contribution in [-0.2, 0) is 0 Å². The van der Waals surface area contributed by atoms with E-state index in [0.29, 0.717) is 11.8 Å². The summed E-state index contributed by atoms with van der Waals surface area (Å²) in [4.78, 5) is 4.95. The van der Waals surface area contributed by atoms with E-state index in [9.17, 15) is 5.26 Å². The highest BCUT2D eigenvalue weighted by Crippen LogP contribution is 2.36. The van der Waals surface area contributed by atoms with Crippen LogP contribution in [0.1, 0.15) is 30.0 Å². The van der Waals surface area contributed by atoms with Crippen LogP contribution in [0.4, 0.5) is 0 Å². The number of rotatable bonds is 3. The van der Waals surface area contributed by atoms with Crippen molar-refractivity contribution in [3.8, 4) is 23.0 Å². The predicted molar refractivity (Wildman–Crippen MR) is 101 cm³/mol. The van der Waals surface area contributed by atoms with E-state index in [4.69, 9.17) is 9.72 Å². The van der Waals surface area contributed by atoms with Crippen molar-refractivity contribution in [2.24, 2.45) is 0 Å². The van der Waals surface area contributed by atoms with Gasteiger partial charge in [-0.15, -0.1) is 0 Å². The molecule has 0 saturated carbocycles. The maximum Gasteiger partial charge on any atom is 0.268 e. The Morgan fingerprint density at radius 2 is 2.28 bits per heavy atom. The van der Waals surface area contributed by atoms with E-state index in [1.807, 2.05) is 12.3 Å². The Morgan fingerprint density at radius 1 is 1.40 bits per heavy atom. The molecule has 5 nitrogen and oxygen atoms in total. The minimum absolute atomic E-state index is 0.131. The second-order valence-electron chi connectivity index (χ2n) is 6.68. The predicted octanol–water partition coefficient (Wildman–Crippen LogP) is 4.21. The lowest BCUT2D eigenvalue weighted by atomic mass is 9.41. The SMILES string of the molecule is COc1cc(C2CCCB(C#N)C2)nc2c(-c3cscc3C)cnn12. The second-order valence-corrected chi connectivity index (χ2v) is 7.42. The van der Waals surface area contributed by atoms with Gasteiger partial charge in [0.2, 0.25) is 5.88 Å². The monoisotopic (exact) mass is 350 g/mol. The van der Waals surface area contributed by atoms with Crippen LogP contribution >= 0.6 is 11.3 Å². The third kappa shape index (κ3) is 2.81. The van der Waals surface area contributed by atoms with Crippen LogP contribution < -0.4 is 4.74 Å². The van der Waals surface area contributed by atoms with Gasteiger partial charge in [-0.3, -0.25) is 0 Å². The second kappa shape index (κ2) is 6.53. The summed E-state index contributed by atoms with van der Waals surface area (Å²) < 4.78 is 7.34. The lowest BCUT2D eigenvalue weighted by molar-refractivity contribution is 0.383. The molecule has 0 aromatic carbocycles. The number of thiophene rings is 1. The first kappa shape index (κ1) is 16.2. The Morgan fingerprint density at radius 3 is 3.00 bits per heavy atom. The average molecular weight is 350 g/mol. The van der Waals surface area contributed by atoms with E-state index in [2.05, 4.69) is 28.8 Å². The van der Waals surface area contributed by atoms with Crippen molar-refractivity contribution in [2.75, 3.05) is 7.11 Å². The van der Waals surface area contributed by atoms with Crippen molar-refractivity contribution in [3.63, 3.8) is 0 Å². The van der Waals surface area contributed by atoms with Gasteiger partial charge in [0.1, 0.15) is 0 Å². The first-order valence-electron chi connectivity index (χ1n) is 8.56. The van der Waals surface area contributed by atoms with E-state index < -0.39 is 0 Å². The van der Waals surface area contributed by atoms with E-state index in [0.717, 1.165) is 42.4 Å². The summed E-state index contributed by atoms with van der Waals surface area (Å²) in [5.41, 5.74) is 5.28. The smallest absolute Gasteiger partial charge is 0.268 e. The highest BCUT2D eigenvalue weighted by Gasteiger charge is 2.28. The molecule has 1 aliphatic heterocycles. The lowest BCUT2D eigenvalue weighted by Crippen LogP contribution is -2.21. The van der Waals surface area contributed by atoms with Crippen LogP contribution in [0.5, 0.6) is 5.88 Å². The molecular formula is C18H19BN4OS. The third-order valence-corrected chi connectivity index (χ3v) is 5.95. The number of fused-ring (bicyclic) bond motifs is 1. The molecule has 0 N–H and O–H groups in total. The minimum Gasteiger partial charge on any atom is -0.481 e. The van der Waals surface area contributed by atoms with Crippen LogP contribution in [0, 0.1) is 18.2 Å². The van der Waals surface area contributed by atoms with Crippen LogP contribution in [-0.4, -0.2) is 28.4 Å². The van der Waals surface area contributed by atoms with Gasteiger partial charge < -0.3 is 4.74 Å². The van der Waals surface area contributed by atoms with Crippen molar-refractivity contribution in [1.29, 1.82) is 5.26 Å². The van der Waals surface area contributed by atoms with E-state index in [1.54, 1.807) is 23.0 Å². The molecule has 0 spiro atoms. The Kier molecular flexibility index (Phi) is 4.22. The fourth-order valence-electron chi connectivity index (χ4n) is 3.71. The molecule has 3 aromatic rings. The van der Waals surface area contributed by atoms with Gasteiger partial charge in [0, 0.05) is 23.2 Å². The van der Waals surface area contributed by atoms with Gasteiger partial charge in [-0.1, -0.05) is 19.1 Å². The van der Waals surface area contributed by atoms with E-state index in [-0.39, 0.29) is 6.71 Å². The summed E-state index contributed by atoms with van der Waals surface area (Å²) in [5, 5.41) is 18.0. The van der Waals surface area contributed by atoms with Gasteiger partial charge in [-0.25, -0.2) is 10.2 Å². The fraction of sp³-hybridized carbons (Fsp3) is 0.389. The highest BCUT2D eigenvalue weighted by atomic mass is 32.1. The van der Waals surface area contributed by atoms with E-state index >= 15 is 0 Å². The zero-order chi connectivity index (χ0) is 17.4. The number of nitrogens with zero attached hydrogens (tertiary/aromatic N) is 4. The summed E-state index contributed by atoms with van der Waals surface area (Å²) in [6.45, 7) is 2.24. The number of methoxy groups -OCH3 is 1. The maximum absolute atomic E-state index is 9.29. The topological polar surface area (TPSA) is 63.2 Å². The molecule has 0 bridgehead atoms. The van der Waals surface area contributed by atoms with Crippen LogP contribution in [0.15, 0.2) is 23.0 Å². The molecular weight excluding hydrogens is 331 g/mol. The molecule has 1 unspecified atom stereocenters. The standard InChI is InChI=1S/C18H19BN4OS/c1-12-9-25-10-15(12)14-8-21-23-17(24-2)6-16(22-18(14)23)13-4-3-5-19(7-13)11-20/h6,8-10,13H,3-5,7H2,1-2H3. The Balaban J connectivity index is 1.84. The highest BCUT2D eigenvalue weighted by molar-refractivity contribution is 7.08. The van der Waals surface area contributed by atoms with Crippen molar-refractivity contribution >= 4 is 23.7 Å². The Labute approximate surface area is 151 Å². The molecule has 1 aliphatic rings. The first-order chi connectivity index (χ1) is 12.2. The quantitative estimate of drug-likeness (QED) is 0.664. The third-order valence-electron chi connectivity index (χ3n) is 5.09. The average Bonchev–Trinajstić information content (AvgIpc) is 3.26. The summed E-state index contributed by atoms with van der Waals surface area (Å²) in [6, 6.07) is 1.98. The van der Waals surface area contributed by atoms with Crippen molar-refractivity contribution < 1.29 is 4.74 Å². The van der Waals surface area contributed by atoms with E-state index in [1.165, 1.54) is 11.1 Å². The zero-order valence-electron chi connectivity index (χ0n) is 14.4. The molecule has 0 aliphatic carbocycles. The Hall–Kier alpha value is -2.33. The van der Waals surface area contributed by atoms with Gasteiger partial charge in [0.15, 0.2) is 5.65 Å². The number of aryl methyl sites for hydroxylation is 1. The van der Waals surface area contributed by atoms with Gasteiger partial charge >= 0.3 is 0 Å². The fourth-order valence-corrected chi connectivity index (χ4v) is 4.56. The van der Waals surface area contributed by atoms with Crippen molar-refractivity contribution in [3.05, 3.63) is 34.3 Å². The van der Waals surface area contributed by atoms with Gasteiger partial charge in [-0.05, 0) is 35.6 Å². The number of hydrogen-bond acceptors (Lipinski definition) is 5. The minimum atomic E-state index is 0.131. The van der Waals surface area contributed by atoms with Crippen LogP contribution in [0.2, 0.25) is 12.6 Å². The molecule has 0 amide bonds. The van der Waals surface area contributed by atoms with Gasteiger partial charge in [0.25, 0.3) is 6.71 Å². The summed E-state index contributed by atoms with van der Waals surface area (Å²) in [7, 11) is 1.66. The molecule has 3 aromatic heterocycles. The van der Waals surface area contributed by atoms with Crippen molar-refractivity contribution in [1.82, 2.24) is 14.6 Å². The summed E-state index contributed by atoms with van der Waals surface area (Å²) >= 11 is 1.69. The van der Waals surface area contributed by atoms with Crippen LogP contribution in [0.3, 0.4) is 0 Å². The van der Waals surface area contributed by atoms with Gasteiger partial charge in [0.05, 0.1) is 19.0 Å². The van der Waals surface area contributed by atoms with Gasteiger partial charge in [-0.2, -0.15) is 21.0 Å². The zero-order valence-corrected chi connectivity index (χ0v) is 15.2. The Bertz CT molecular complexity index is 958. The molecule has 1 saturated heterocycles. The summed E-state index contributed by atoms with van der Waals surface area (Å²) in [6.07, 6.45) is 5.89. The molecule has 1 fully saturated rings. The number of aromatic nitrogens is 3. The number of ether oxygens (including phenoxy) is 1. The molecule has 126 valence electrons. The molecule has 25 heavy (non-hydrogen) atoms. The molecule has 4 rings (SSSR count). The number of hydrogen-bond donors (Lipinski definition) is 0. The van der Waals surface area contributed by atoms with Crippen LogP contribution in [0.25, 0.3) is 16.8 Å².